The molecule has 0 bridgehead atoms. The molecule has 0 aliphatic heterocycles. The molecule has 0 aliphatic carbocycles. The Balaban J connectivity index is 3.40. The van der Waals surface area contributed by atoms with E-state index in [1.807, 2.05) is 0 Å². The van der Waals surface area contributed by atoms with Crippen LogP contribution in [0.25, 0.3) is 0 Å². The summed E-state index contributed by atoms with van der Waals surface area (Å²) in [4.78, 5) is 12.7. The maximum absolute atomic E-state index is 12.2. The molecule has 10 heteroatoms. The van der Waals surface area contributed by atoms with Crippen molar-refractivity contribution < 1.29 is 27.6 Å². The van der Waals surface area contributed by atoms with Gasteiger partial charge in [0.2, 0.25) is 5.75 Å². The van der Waals surface area contributed by atoms with E-state index in [0.717, 1.165) is 13.2 Å². The first-order valence-electron chi connectivity index (χ1n) is 4.63. The SMILES string of the molecule is COc1c(CC#N)cc([N+](=O)[O-])nc1OC(F)(F)F. The van der Waals surface area contributed by atoms with Crippen LogP contribution in [0.2, 0.25) is 0 Å². The van der Waals surface area contributed by atoms with E-state index in [2.05, 4.69) is 14.5 Å². The minimum atomic E-state index is -5.08. The lowest BCUT2D eigenvalue weighted by Gasteiger charge is -2.10. The molecule has 0 saturated heterocycles. The van der Waals surface area contributed by atoms with Gasteiger partial charge in [-0.25, -0.2) is 0 Å². The normalized spacial score (nSPS) is 10.7. The summed E-state index contributed by atoms with van der Waals surface area (Å²) < 4.78 is 44.7. The van der Waals surface area contributed by atoms with Crippen LogP contribution in [-0.2, 0) is 6.42 Å². The first kappa shape index (κ1) is 14.5. The average Bonchev–Trinajstić information content (AvgIpc) is 2.26. The van der Waals surface area contributed by atoms with Crippen LogP contribution >= 0.6 is 0 Å². The topological polar surface area (TPSA) is 98.3 Å². The summed E-state index contributed by atoms with van der Waals surface area (Å²) in [5.74, 6) is -2.44. The molecular formula is C9H6F3N3O4. The van der Waals surface area contributed by atoms with Crippen molar-refractivity contribution in [1.29, 1.82) is 5.26 Å². The van der Waals surface area contributed by atoms with Crippen LogP contribution in [0.4, 0.5) is 19.0 Å². The van der Waals surface area contributed by atoms with Gasteiger partial charge in [0.05, 0.1) is 19.6 Å². The summed E-state index contributed by atoms with van der Waals surface area (Å²) >= 11 is 0. The average molecular weight is 277 g/mol. The highest BCUT2D eigenvalue weighted by Crippen LogP contribution is 2.35. The quantitative estimate of drug-likeness (QED) is 0.616. The van der Waals surface area contributed by atoms with Gasteiger partial charge < -0.3 is 19.6 Å². The number of alkyl halides is 3. The predicted molar refractivity (Wildman–Crippen MR) is 53.4 cm³/mol. The third-order valence-corrected chi connectivity index (χ3v) is 1.88. The van der Waals surface area contributed by atoms with Crippen LogP contribution in [0.5, 0.6) is 11.6 Å². The van der Waals surface area contributed by atoms with E-state index >= 15 is 0 Å². The van der Waals surface area contributed by atoms with Gasteiger partial charge in [-0.1, -0.05) is 0 Å². The molecule has 0 amide bonds. The fourth-order valence-corrected chi connectivity index (χ4v) is 1.25. The van der Waals surface area contributed by atoms with Gasteiger partial charge in [0, 0.05) is 16.6 Å². The highest BCUT2D eigenvalue weighted by atomic mass is 19.4. The molecule has 1 rings (SSSR count). The molecule has 0 saturated carbocycles. The second-order valence-corrected chi connectivity index (χ2v) is 3.12. The zero-order chi connectivity index (χ0) is 14.6. The van der Waals surface area contributed by atoms with E-state index in [1.165, 1.54) is 0 Å². The molecule has 0 aromatic carbocycles. The summed E-state index contributed by atoms with van der Waals surface area (Å²) in [6, 6.07) is 2.50. The Bertz CT molecular complexity index is 539. The molecule has 19 heavy (non-hydrogen) atoms. The number of methoxy groups -OCH3 is 1. The number of nitro groups is 1. The summed E-state index contributed by atoms with van der Waals surface area (Å²) in [5.41, 5.74) is -0.119. The fraction of sp³-hybridized carbons (Fsp3) is 0.333. The summed E-state index contributed by atoms with van der Waals surface area (Å²) in [6.45, 7) is 0. The minimum absolute atomic E-state index is 0.119. The summed E-state index contributed by atoms with van der Waals surface area (Å²) in [7, 11) is 1.03. The smallest absolute Gasteiger partial charge is 0.489 e. The highest BCUT2D eigenvalue weighted by molar-refractivity contribution is 5.48. The number of pyridine rings is 1. The monoisotopic (exact) mass is 277 g/mol. The molecule has 0 aliphatic rings. The lowest BCUT2D eigenvalue weighted by atomic mass is 10.2. The van der Waals surface area contributed by atoms with E-state index < -0.39 is 28.7 Å². The zero-order valence-electron chi connectivity index (χ0n) is 9.39. The molecular weight excluding hydrogens is 271 g/mol. The minimum Gasteiger partial charge on any atom is -0.489 e. The second kappa shape index (κ2) is 5.38. The van der Waals surface area contributed by atoms with Crippen molar-refractivity contribution in [1.82, 2.24) is 4.98 Å². The van der Waals surface area contributed by atoms with E-state index in [1.54, 1.807) is 6.07 Å². The van der Waals surface area contributed by atoms with Crippen LogP contribution < -0.4 is 9.47 Å². The van der Waals surface area contributed by atoms with Crippen molar-refractivity contribution in [2.75, 3.05) is 7.11 Å². The van der Waals surface area contributed by atoms with Crippen molar-refractivity contribution >= 4 is 5.82 Å². The number of nitrogens with zero attached hydrogens (tertiary/aromatic N) is 3. The molecule has 0 spiro atoms. The molecule has 0 atom stereocenters. The van der Waals surface area contributed by atoms with E-state index in [-0.39, 0.29) is 12.0 Å². The number of nitriles is 1. The van der Waals surface area contributed by atoms with Crippen molar-refractivity contribution in [3.63, 3.8) is 0 Å². The lowest BCUT2D eigenvalue weighted by Crippen LogP contribution is -2.19. The van der Waals surface area contributed by atoms with E-state index in [9.17, 15) is 23.3 Å². The van der Waals surface area contributed by atoms with Crippen molar-refractivity contribution in [2.45, 2.75) is 12.8 Å². The number of hydrogen-bond acceptors (Lipinski definition) is 6. The van der Waals surface area contributed by atoms with Crippen molar-refractivity contribution in [2.24, 2.45) is 0 Å². The standard InChI is InChI=1S/C9H6F3N3O4/c1-18-7-5(2-3-13)4-6(15(16)17)14-8(7)19-9(10,11)12/h4H,2H2,1H3. The Morgan fingerprint density at radius 1 is 1.58 bits per heavy atom. The zero-order valence-corrected chi connectivity index (χ0v) is 9.39. The number of aromatic nitrogens is 1. The Morgan fingerprint density at radius 2 is 2.21 bits per heavy atom. The van der Waals surface area contributed by atoms with Gasteiger partial charge in [0.15, 0.2) is 0 Å². The molecule has 1 aromatic rings. The van der Waals surface area contributed by atoms with Gasteiger partial charge in [0.1, 0.15) is 0 Å². The maximum atomic E-state index is 12.2. The van der Waals surface area contributed by atoms with Gasteiger partial charge in [-0.05, 0) is 4.92 Å². The predicted octanol–water partition coefficient (Wildman–Crippen LogP) is 1.96. The Morgan fingerprint density at radius 3 is 2.63 bits per heavy atom. The first-order valence-corrected chi connectivity index (χ1v) is 4.63. The molecule has 0 radical (unpaired) electrons. The summed E-state index contributed by atoms with van der Waals surface area (Å²) in [6.07, 6.45) is -5.47. The third-order valence-electron chi connectivity index (χ3n) is 1.88. The largest absolute Gasteiger partial charge is 0.575 e. The third kappa shape index (κ3) is 3.70. The number of rotatable bonds is 4. The van der Waals surface area contributed by atoms with Crippen LogP contribution in [0.15, 0.2) is 6.07 Å². The molecule has 7 nitrogen and oxygen atoms in total. The molecule has 1 heterocycles. The van der Waals surface area contributed by atoms with Gasteiger partial charge in [-0.2, -0.15) is 5.26 Å². The van der Waals surface area contributed by atoms with Crippen LogP contribution in [0.1, 0.15) is 5.56 Å². The van der Waals surface area contributed by atoms with Crippen molar-refractivity contribution in [3.05, 3.63) is 21.7 Å². The molecule has 0 unspecified atom stereocenters. The Labute approximate surface area is 104 Å². The molecule has 0 N–H and O–H groups in total. The first-order chi connectivity index (χ1) is 8.78. The van der Waals surface area contributed by atoms with Gasteiger partial charge in [0.25, 0.3) is 0 Å². The van der Waals surface area contributed by atoms with Crippen LogP contribution in [0, 0.1) is 21.4 Å². The maximum Gasteiger partial charge on any atom is 0.575 e. The van der Waals surface area contributed by atoms with Crippen molar-refractivity contribution in [3.8, 4) is 17.7 Å². The lowest BCUT2D eigenvalue weighted by molar-refractivity contribution is -0.390. The fourth-order valence-electron chi connectivity index (χ4n) is 1.25. The summed E-state index contributed by atoms with van der Waals surface area (Å²) in [5, 5.41) is 19.1. The second-order valence-electron chi connectivity index (χ2n) is 3.12. The van der Waals surface area contributed by atoms with Gasteiger partial charge >= 0.3 is 18.1 Å². The Kier molecular flexibility index (Phi) is 4.11. The number of hydrogen-bond donors (Lipinski definition) is 0. The Hall–Kier alpha value is -2.57. The van der Waals surface area contributed by atoms with Gasteiger partial charge in [-0.15, -0.1) is 13.2 Å². The molecule has 102 valence electrons. The van der Waals surface area contributed by atoms with E-state index in [4.69, 9.17) is 5.26 Å². The molecule has 1 aromatic heterocycles. The molecule has 0 fully saturated rings. The van der Waals surface area contributed by atoms with E-state index in [0.29, 0.717) is 0 Å². The van der Waals surface area contributed by atoms with Crippen LogP contribution in [-0.4, -0.2) is 23.4 Å². The number of halogens is 3. The van der Waals surface area contributed by atoms with Gasteiger partial charge in [-0.3, -0.25) is 0 Å². The number of ether oxygens (including phenoxy) is 2. The van der Waals surface area contributed by atoms with Crippen LogP contribution in [0.3, 0.4) is 0 Å². The highest BCUT2D eigenvalue weighted by Gasteiger charge is 2.37.